The van der Waals surface area contributed by atoms with Crippen LogP contribution in [0.15, 0.2) is 48.5 Å². The molecule has 1 fully saturated rings. The average Bonchev–Trinajstić information content (AvgIpc) is 2.59. The number of anilines is 1. The largest absolute Gasteiger partial charge is 0.377 e. The number of benzene rings is 2. The van der Waals surface area contributed by atoms with Gasteiger partial charge in [-0.3, -0.25) is 15.0 Å². The lowest BCUT2D eigenvalue weighted by Gasteiger charge is -2.33. The first-order valence-corrected chi connectivity index (χ1v) is 8.40. The zero-order valence-electron chi connectivity index (χ0n) is 13.9. The third-order valence-corrected chi connectivity index (χ3v) is 4.70. The summed E-state index contributed by atoms with van der Waals surface area (Å²) in [5.74, 6) is 0. The van der Waals surface area contributed by atoms with Gasteiger partial charge in [0.25, 0.3) is 5.69 Å². The van der Waals surface area contributed by atoms with Crippen molar-refractivity contribution in [3.05, 3.63) is 69.8 Å². The number of nitro groups is 1. The molecule has 0 amide bonds. The van der Waals surface area contributed by atoms with Crippen molar-refractivity contribution in [1.29, 1.82) is 0 Å². The molecule has 1 aliphatic rings. The maximum absolute atomic E-state index is 11.1. The number of hydrogen-bond donors (Lipinski definition) is 1. The fourth-order valence-corrected chi connectivity index (χ4v) is 3.24. The SMILES string of the molecule is Cc1ccccc1CN1CCC(Nc2ccccc2[N+](=O)[O-])CC1. The minimum atomic E-state index is -0.324. The van der Waals surface area contributed by atoms with Gasteiger partial charge in [-0.05, 0) is 37.0 Å². The molecule has 2 aromatic rings. The van der Waals surface area contributed by atoms with Crippen LogP contribution >= 0.6 is 0 Å². The molecule has 3 rings (SSSR count). The summed E-state index contributed by atoms with van der Waals surface area (Å²) in [5, 5.41) is 14.5. The van der Waals surface area contributed by atoms with Gasteiger partial charge < -0.3 is 5.32 Å². The minimum absolute atomic E-state index is 0.153. The van der Waals surface area contributed by atoms with Gasteiger partial charge in [0.05, 0.1) is 4.92 Å². The smallest absolute Gasteiger partial charge is 0.292 e. The normalized spacial score (nSPS) is 16.0. The highest BCUT2D eigenvalue weighted by molar-refractivity contribution is 5.61. The summed E-state index contributed by atoms with van der Waals surface area (Å²) in [5.41, 5.74) is 3.49. The molecule has 0 bridgehead atoms. The molecular weight excluding hydrogens is 302 g/mol. The highest BCUT2D eigenvalue weighted by Gasteiger charge is 2.22. The van der Waals surface area contributed by atoms with E-state index >= 15 is 0 Å². The molecule has 0 spiro atoms. The first-order valence-electron chi connectivity index (χ1n) is 8.40. The molecule has 5 nitrogen and oxygen atoms in total. The zero-order chi connectivity index (χ0) is 16.9. The Labute approximate surface area is 142 Å². The number of nitro benzene ring substituents is 1. The molecule has 1 aliphatic heterocycles. The number of hydrogen-bond acceptors (Lipinski definition) is 4. The van der Waals surface area contributed by atoms with E-state index < -0.39 is 0 Å². The van der Waals surface area contributed by atoms with E-state index in [4.69, 9.17) is 0 Å². The topological polar surface area (TPSA) is 58.4 Å². The number of likely N-dealkylation sites (tertiary alicyclic amines) is 1. The summed E-state index contributed by atoms with van der Waals surface area (Å²) in [4.78, 5) is 13.2. The number of para-hydroxylation sites is 2. The molecule has 0 saturated carbocycles. The summed E-state index contributed by atoms with van der Waals surface area (Å²) in [7, 11) is 0. The van der Waals surface area contributed by atoms with Crippen molar-refractivity contribution in [2.75, 3.05) is 18.4 Å². The van der Waals surface area contributed by atoms with E-state index in [0.29, 0.717) is 11.7 Å². The van der Waals surface area contributed by atoms with Crippen molar-refractivity contribution >= 4 is 11.4 Å². The van der Waals surface area contributed by atoms with Crippen LogP contribution in [0.5, 0.6) is 0 Å². The molecule has 126 valence electrons. The second-order valence-electron chi connectivity index (χ2n) is 6.40. The van der Waals surface area contributed by atoms with Crippen LogP contribution in [0.25, 0.3) is 0 Å². The maximum Gasteiger partial charge on any atom is 0.292 e. The van der Waals surface area contributed by atoms with Crippen LogP contribution in [0.4, 0.5) is 11.4 Å². The van der Waals surface area contributed by atoms with E-state index in [9.17, 15) is 10.1 Å². The Bertz CT molecular complexity index is 709. The van der Waals surface area contributed by atoms with Crippen LogP contribution in [-0.2, 0) is 6.54 Å². The highest BCUT2D eigenvalue weighted by atomic mass is 16.6. The molecule has 2 aromatic carbocycles. The van der Waals surface area contributed by atoms with Crippen molar-refractivity contribution < 1.29 is 4.92 Å². The first kappa shape index (κ1) is 16.5. The van der Waals surface area contributed by atoms with Gasteiger partial charge in [0.2, 0.25) is 0 Å². The van der Waals surface area contributed by atoms with E-state index in [0.717, 1.165) is 32.5 Å². The lowest BCUT2D eigenvalue weighted by molar-refractivity contribution is -0.384. The van der Waals surface area contributed by atoms with Gasteiger partial charge in [-0.15, -0.1) is 0 Å². The summed E-state index contributed by atoms with van der Waals surface area (Å²) in [6.07, 6.45) is 2.00. The van der Waals surface area contributed by atoms with Crippen LogP contribution in [0, 0.1) is 17.0 Å². The molecular formula is C19H23N3O2. The van der Waals surface area contributed by atoms with Crippen LogP contribution < -0.4 is 5.32 Å². The Morgan fingerprint density at radius 3 is 2.50 bits per heavy atom. The Balaban J connectivity index is 1.56. The molecule has 0 aromatic heterocycles. The standard InChI is InChI=1S/C19H23N3O2/c1-15-6-2-3-7-16(15)14-21-12-10-17(11-13-21)20-18-8-4-5-9-19(18)22(23)24/h2-9,17,20H,10-14H2,1H3. The quantitative estimate of drug-likeness (QED) is 0.667. The van der Waals surface area contributed by atoms with Crippen LogP contribution in [0.1, 0.15) is 24.0 Å². The molecule has 0 unspecified atom stereocenters. The number of rotatable bonds is 5. The summed E-state index contributed by atoms with van der Waals surface area (Å²) < 4.78 is 0. The van der Waals surface area contributed by atoms with Gasteiger partial charge >= 0.3 is 0 Å². The predicted molar refractivity (Wildman–Crippen MR) is 96.2 cm³/mol. The molecule has 0 radical (unpaired) electrons. The van der Waals surface area contributed by atoms with Gasteiger partial charge in [0.15, 0.2) is 0 Å². The Morgan fingerprint density at radius 2 is 1.79 bits per heavy atom. The Hall–Kier alpha value is -2.40. The molecule has 1 N–H and O–H groups in total. The van der Waals surface area contributed by atoms with E-state index in [-0.39, 0.29) is 10.6 Å². The molecule has 5 heteroatoms. The molecule has 0 aliphatic carbocycles. The monoisotopic (exact) mass is 325 g/mol. The lowest BCUT2D eigenvalue weighted by Crippen LogP contribution is -2.38. The molecule has 1 heterocycles. The van der Waals surface area contributed by atoms with Crippen LogP contribution in [0.3, 0.4) is 0 Å². The van der Waals surface area contributed by atoms with Gasteiger partial charge in [-0.1, -0.05) is 36.4 Å². The number of piperidine rings is 1. The molecule has 0 atom stereocenters. The molecule has 1 saturated heterocycles. The Morgan fingerprint density at radius 1 is 1.12 bits per heavy atom. The number of aryl methyl sites for hydroxylation is 1. The van der Waals surface area contributed by atoms with Crippen molar-refractivity contribution in [2.24, 2.45) is 0 Å². The average molecular weight is 325 g/mol. The van der Waals surface area contributed by atoms with Gasteiger partial charge in [0, 0.05) is 31.7 Å². The van der Waals surface area contributed by atoms with Crippen molar-refractivity contribution in [3.63, 3.8) is 0 Å². The van der Waals surface area contributed by atoms with E-state index in [1.165, 1.54) is 11.1 Å². The van der Waals surface area contributed by atoms with Gasteiger partial charge in [-0.2, -0.15) is 0 Å². The minimum Gasteiger partial charge on any atom is -0.377 e. The predicted octanol–water partition coefficient (Wildman–Crippen LogP) is 3.98. The van der Waals surface area contributed by atoms with Crippen molar-refractivity contribution in [2.45, 2.75) is 32.4 Å². The summed E-state index contributed by atoms with van der Waals surface area (Å²) >= 11 is 0. The van der Waals surface area contributed by atoms with Crippen LogP contribution in [0.2, 0.25) is 0 Å². The highest BCUT2D eigenvalue weighted by Crippen LogP contribution is 2.26. The van der Waals surface area contributed by atoms with Crippen molar-refractivity contribution in [1.82, 2.24) is 4.90 Å². The lowest BCUT2D eigenvalue weighted by atomic mass is 10.0. The third kappa shape index (κ3) is 3.92. The maximum atomic E-state index is 11.1. The Kier molecular flexibility index (Phi) is 5.11. The first-order chi connectivity index (χ1) is 11.6. The van der Waals surface area contributed by atoms with Gasteiger partial charge in [-0.25, -0.2) is 0 Å². The third-order valence-electron chi connectivity index (χ3n) is 4.70. The fourth-order valence-electron chi connectivity index (χ4n) is 3.24. The van der Waals surface area contributed by atoms with Crippen LogP contribution in [-0.4, -0.2) is 29.0 Å². The summed E-state index contributed by atoms with van der Waals surface area (Å²) in [6, 6.07) is 15.7. The fraction of sp³-hybridized carbons (Fsp3) is 0.368. The van der Waals surface area contributed by atoms with E-state index in [1.807, 2.05) is 6.07 Å². The number of nitrogens with one attached hydrogen (secondary N) is 1. The number of nitrogens with zero attached hydrogens (tertiary/aromatic N) is 2. The van der Waals surface area contributed by atoms with E-state index in [2.05, 4.69) is 41.4 Å². The summed E-state index contributed by atoms with van der Waals surface area (Å²) in [6.45, 7) is 5.14. The van der Waals surface area contributed by atoms with E-state index in [1.54, 1.807) is 18.2 Å². The second-order valence-corrected chi connectivity index (χ2v) is 6.40. The van der Waals surface area contributed by atoms with Crippen molar-refractivity contribution in [3.8, 4) is 0 Å². The zero-order valence-corrected chi connectivity index (χ0v) is 13.9. The second kappa shape index (κ2) is 7.45. The van der Waals surface area contributed by atoms with Gasteiger partial charge in [0.1, 0.15) is 5.69 Å². The molecule has 24 heavy (non-hydrogen) atoms.